The van der Waals surface area contributed by atoms with E-state index in [9.17, 15) is 14.9 Å². The van der Waals surface area contributed by atoms with Gasteiger partial charge in [-0.25, -0.2) is 0 Å². The number of rotatable bonds is 6. The molecule has 0 radical (unpaired) electrons. The number of non-ortho nitro benzene ring substituents is 1. The predicted molar refractivity (Wildman–Crippen MR) is 90.5 cm³/mol. The summed E-state index contributed by atoms with van der Waals surface area (Å²) < 4.78 is 10.6. The van der Waals surface area contributed by atoms with Gasteiger partial charge in [-0.3, -0.25) is 14.9 Å². The van der Waals surface area contributed by atoms with Gasteiger partial charge in [-0.1, -0.05) is 12.1 Å². The fraction of sp³-hybridized carbons (Fsp3) is 0.0556. The van der Waals surface area contributed by atoms with Crippen LogP contribution in [-0.2, 0) is 6.61 Å². The van der Waals surface area contributed by atoms with Gasteiger partial charge in [0.1, 0.15) is 12.4 Å². The van der Waals surface area contributed by atoms with Crippen LogP contribution in [0.5, 0.6) is 5.75 Å². The van der Waals surface area contributed by atoms with Crippen molar-refractivity contribution >= 4 is 17.3 Å². The summed E-state index contributed by atoms with van der Waals surface area (Å²) in [6.45, 7) is 0.208. The van der Waals surface area contributed by atoms with E-state index in [1.165, 1.54) is 18.4 Å². The molecule has 2 aromatic carbocycles. The Kier molecular flexibility index (Phi) is 4.75. The predicted octanol–water partition coefficient (Wildman–Crippen LogP) is 4.02. The van der Waals surface area contributed by atoms with E-state index in [0.717, 1.165) is 0 Å². The van der Waals surface area contributed by atoms with E-state index in [1.54, 1.807) is 48.5 Å². The van der Waals surface area contributed by atoms with Crippen molar-refractivity contribution in [1.29, 1.82) is 0 Å². The maximum absolute atomic E-state index is 11.9. The molecule has 0 aliphatic rings. The lowest BCUT2D eigenvalue weighted by molar-refractivity contribution is -0.384. The first kappa shape index (κ1) is 16.3. The van der Waals surface area contributed by atoms with E-state index in [-0.39, 0.29) is 24.0 Å². The van der Waals surface area contributed by atoms with Crippen molar-refractivity contribution in [3.63, 3.8) is 0 Å². The normalized spacial score (nSPS) is 10.2. The quantitative estimate of drug-likeness (QED) is 0.541. The number of hydrogen-bond donors (Lipinski definition) is 1. The monoisotopic (exact) mass is 338 g/mol. The fourth-order valence-electron chi connectivity index (χ4n) is 2.16. The Balaban J connectivity index is 1.58. The molecular formula is C18H14N2O5. The minimum absolute atomic E-state index is 0.0251. The zero-order valence-electron chi connectivity index (χ0n) is 13.0. The average molecular weight is 338 g/mol. The summed E-state index contributed by atoms with van der Waals surface area (Å²) in [6, 6.07) is 16.3. The number of amides is 1. The number of ether oxygens (including phenoxy) is 1. The molecular weight excluding hydrogens is 324 g/mol. The summed E-state index contributed by atoms with van der Waals surface area (Å²) in [7, 11) is 0. The first-order valence-corrected chi connectivity index (χ1v) is 7.43. The van der Waals surface area contributed by atoms with Gasteiger partial charge in [0.15, 0.2) is 5.76 Å². The summed E-state index contributed by atoms with van der Waals surface area (Å²) >= 11 is 0. The molecule has 1 heterocycles. The first-order chi connectivity index (χ1) is 12.1. The van der Waals surface area contributed by atoms with E-state index in [2.05, 4.69) is 5.32 Å². The Morgan fingerprint density at radius 2 is 1.92 bits per heavy atom. The number of nitro groups is 1. The van der Waals surface area contributed by atoms with Crippen molar-refractivity contribution in [2.45, 2.75) is 6.61 Å². The van der Waals surface area contributed by atoms with Gasteiger partial charge in [0, 0.05) is 17.8 Å². The highest BCUT2D eigenvalue weighted by Crippen LogP contribution is 2.19. The molecule has 7 heteroatoms. The van der Waals surface area contributed by atoms with Crippen LogP contribution in [0.1, 0.15) is 16.1 Å². The number of hydrogen-bond acceptors (Lipinski definition) is 5. The molecule has 7 nitrogen and oxygen atoms in total. The van der Waals surface area contributed by atoms with Gasteiger partial charge in [-0.15, -0.1) is 0 Å². The number of carbonyl (C=O) groups is 1. The minimum atomic E-state index is -0.444. The molecule has 0 spiro atoms. The Morgan fingerprint density at radius 1 is 1.12 bits per heavy atom. The highest BCUT2D eigenvalue weighted by Gasteiger charge is 2.09. The van der Waals surface area contributed by atoms with Gasteiger partial charge in [-0.05, 0) is 42.0 Å². The molecule has 3 rings (SSSR count). The number of nitro benzene ring substituents is 1. The molecule has 0 saturated carbocycles. The van der Waals surface area contributed by atoms with E-state index >= 15 is 0 Å². The lowest BCUT2D eigenvalue weighted by atomic mass is 10.2. The third-order valence-electron chi connectivity index (χ3n) is 3.38. The molecule has 0 fully saturated rings. The van der Waals surface area contributed by atoms with Gasteiger partial charge in [0.25, 0.3) is 11.6 Å². The summed E-state index contributed by atoms with van der Waals surface area (Å²) in [5.41, 5.74) is 1.32. The van der Waals surface area contributed by atoms with Crippen LogP contribution in [0.15, 0.2) is 71.3 Å². The van der Waals surface area contributed by atoms with Gasteiger partial charge in [-0.2, -0.15) is 0 Å². The number of nitrogens with one attached hydrogen (secondary N) is 1. The summed E-state index contributed by atoms with van der Waals surface area (Å²) in [4.78, 5) is 22.2. The molecule has 1 N–H and O–H groups in total. The second kappa shape index (κ2) is 7.31. The zero-order chi connectivity index (χ0) is 17.6. The maximum Gasteiger partial charge on any atom is 0.291 e. The van der Waals surface area contributed by atoms with Crippen LogP contribution in [0.2, 0.25) is 0 Å². The first-order valence-electron chi connectivity index (χ1n) is 7.43. The summed E-state index contributed by atoms with van der Waals surface area (Å²) in [6.07, 6.45) is 1.43. The Labute approximate surface area is 143 Å². The van der Waals surface area contributed by atoms with Crippen molar-refractivity contribution in [2.24, 2.45) is 0 Å². The summed E-state index contributed by atoms with van der Waals surface area (Å²) in [5.74, 6) is 0.476. The van der Waals surface area contributed by atoms with Crippen molar-refractivity contribution in [3.05, 3.63) is 88.4 Å². The zero-order valence-corrected chi connectivity index (χ0v) is 13.0. The molecule has 0 aliphatic heterocycles. The van der Waals surface area contributed by atoms with Crippen molar-refractivity contribution in [1.82, 2.24) is 0 Å². The standard InChI is InChI=1S/C18H14N2O5/c21-18(17-5-2-10-24-17)19-14-6-8-16(9-7-14)25-12-13-3-1-4-15(11-13)20(22)23/h1-11H,12H2,(H,19,21). The van der Waals surface area contributed by atoms with Gasteiger partial charge >= 0.3 is 0 Å². The number of anilines is 1. The Hall–Kier alpha value is -3.61. The van der Waals surface area contributed by atoms with Gasteiger partial charge in [0.05, 0.1) is 11.2 Å². The highest BCUT2D eigenvalue weighted by molar-refractivity contribution is 6.02. The molecule has 1 amide bonds. The topological polar surface area (TPSA) is 94.6 Å². The molecule has 0 saturated heterocycles. The fourth-order valence-corrected chi connectivity index (χ4v) is 2.16. The van der Waals surface area contributed by atoms with Gasteiger partial charge in [0.2, 0.25) is 0 Å². The molecule has 1 aromatic heterocycles. The lowest BCUT2D eigenvalue weighted by Gasteiger charge is -2.08. The van der Waals surface area contributed by atoms with E-state index in [1.807, 2.05) is 0 Å². The Morgan fingerprint density at radius 3 is 2.60 bits per heavy atom. The Bertz CT molecular complexity index is 873. The van der Waals surface area contributed by atoms with E-state index in [0.29, 0.717) is 17.0 Å². The van der Waals surface area contributed by atoms with Crippen LogP contribution in [0.25, 0.3) is 0 Å². The number of carbonyl (C=O) groups excluding carboxylic acids is 1. The number of furan rings is 1. The molecule has 0 unspecified atom stereocenters. The number of nitrogens with zero attached hydrogens (tertiary/aromatic N) is 1. The second-order valence-electron chi connectivity index (χ2n) is 5.17. The molecule has 0 aliphatic carbocycles. The molecule has 25 heavy (non-hydrogen) atoms. The molecule has 0 bridgehead atoms. The lowest BCUT2D eigenvalue weighted by Crippen LogP contribution is -2.10. The van der Waals surface area contributed by atoms with Crippen molar-refractivity contribution < 1.29 is 18.9 Å². The highest BCUT2D eigenvalue weighted by atomic mass is 16.6. The average Bonchev–Trinajstić information content (AvgIpc) is 3.16. The van der Waals surface area contributed by atoms with E-state index in [4.69, 9.17) is 9.15 Å². The van der Waals surface area contributed by atoms with Crippen LogP contribution >= 0.6 is 0 Å². The third-order valence-corrected chi connectivity index (χ3v) is 3.38. The summed E-state index contributed by atoms with van der Waals surface area (Å²) in [5, 5.41) is 13.5. The van der Waals surface area contributed by atoms with Crippen LogP contribution < -0.4 is 10.1 Å². The van der Waals surface area contributed by atoms with E-state index < -0.39 is 4.92 Å². The van der Waals surface area contributed by atoms with Crippen LogP contribution in [-0.4, -0.2) is 10.8 Å². The second-order valence-corrected chi connectivity index (χ2v) is 5.17. The smallest absolute Gasteiger partial charge is 0.291 e. The van der Waals surface area contributed by atoms with Crippen molar-refractivity contribution in [2.75, 3.05) is 5.32 Å². The molecule has 3 aromatic rings. The van der Waals surface area contributed by atoms with Crippen LogP contribution in [0.4, 0.5) is 11.4 Å². The van der Waals surface area contributed by atoms with Crippen LogP contribution in [0.3, 0.4) is 0 Å². The molecule has 0 atom stereocenters. The minimum Gasteiger partial charge on any atom is -0.489 e. The largest absolute Gasteiger partial charge is 0.489 e. The SMILES string of the molecule is O=C(Nc1ccc(OCc2cccc([N+](=O)[O-])c2)cc1)c1ccco1. The number of benzene rings is 2. The van der Waals surface area contributed by atoms with Gasteiger partial charge < -0.3 is 14.5 Å². The third kappa shape index (κ3) is 4.23. The van der Waals surface area contributed by atoms with Crippen LogP contribution in [0, 0.1) is 10.1 Å². The molecule has 126 valence electrons. The maximum atomic E-state index is 11.9. The van der Waals surface area contributed by atoms with Crippen molar-refractivity contribution in [3.8, 4) is 5.75 Å².